The quantitative estimate of drug-likeness (QED) is 0.545. The Kier molecular flexibility index (Phi) is 7.80. The molecule has 28 heavy (non-hydrogen) atoms. The van der Waals surface area contributed by atoms with Gasteiger partial charge >= 0.3 is 0 Å². The molecule has 0 bridgehead atoms. The molecule has 0 aromatic heterocycles. The molecule has 0 saturated carbocycles. The van der Waals surface area contributed by atoms with Crippen LogP contribution in [0.2, 0.25) is 0 Å². The van der Waals surface area contributed by atoms with Crippen LogP contribution in [0, 0.1) is 0 Å². The van der Waals surface area contributed by atoms with Crippen LogP contribution in [0.15, 0.2) is 43.0 Å². The maximum Gasteiger partial charge on any atom is 0.128 e. The fourth-order valence-corrected chi connectivity index (χ4v) is 3.57. The summed E-state index contributed by atoms with van der Waals surface area (Å²) in [5, 5.41) is 0. The Bertz CT molecular complexity index is 728. The van der Waals surface area contributed by atoms with Gasteiger partial charge in [0.1, 0.15) is 11.5 Å². The number of hydrogen-bond donors (Lipinski definition) is 0. The van der Waals surface area contributed by atoms with Crippen molar-refractivity contribution >= 4 is 16.9 Å². The van der Waals surface area contributed by atoms with E-state index in [9.17, 15) is 0 Å². The molecule has 0 atom stereocenters. The first-order valence-corrected chi connectivity index (χ1v) is 10.1. The third-order valence-electron chi connectivity index (χ3n) is 5.28. The number of benzene rings is 2. The van der Waals surface area contributed by atoms with E-state index in [-0.39, 0.29) is 0 Å². The first kappa shape index (κ1) is 21.7. The minimum Gasteiger partial charge on any atom is -0.496 e. The summed E-state index contributed by atoms with van der Waals surface area (Å²) < 4.78 is 11.4. The van der Waals surface area contributed by atoms with Crippen LogP contribution in [0.3, 0.4) is 0 Å². The molecule has 0 spiro atoms. The van der Waals surface area contributed by atoms with E-state index in [2.05, 4.69) is 80.5 Å². The lowest BCUT2D eigenvalue weighted by Gasteiger charge is -2.24. The largest absolute Gasteiger partial charge is 0.496 e. The van der Waals surface area contributed by atoms with Crippen molar-refractivity contribution in [2.75, 3.05) is 50.2 Å². The summed E-state index contributed by atoms with van der Waals surface area (Å²) in [5.41, 5.74) is 5.16. The smallest absolute Gasteiger partial charge is 0.128 e. The molecule has 0 heterocycles. The number of anilines is 2. The minimum atomic E-state index is 0.823. The maximum atomic E-state index is 5.70. The summed E-state index contributed by atoms with van der Waals surface area (Å²) in [4.78, 5) is 4.60. The van der Waals surface area contributed by atoms with E-state index in [4.69, 9.17) is 9.47 Å². The van der Waals surface area contributed by atoms with Gasteiger partial charge in [-0.2, -0.15) is 0 Å². The van der Waals surface area contributed by atoms with Crippen LogP contribution in [0.1, 0.15) is 38.8 Å². The number of methoxy groups -OCH3 is 2. The molecule has 0 aliphatic rings. The van der Waals surface area contributed by atoms with Crippen molar-refractivity contribution in [3.8, 4) is 11.5 Å². The second-order valence-corrected chi connectivity index (χ2v) is 6.59. The first-order valence-electron chi connectivity index (χ1n) is 10.1. The normalized spacial score (nSPS) is 10.5. The maximum absolute atomic E-state index is 5.70. The molecule has 2 aromatic carbocycles. The Morgan fingerprint density at radius 1 is 0.714 bits per heavy atom. The standard InChI is InChI=1S/C24H34N2O2/c1-8-25(9-2)19-12-14-21(23(16-19)27-6)18(5)22-15-13-20(17-24(22)28-7)26(10-3)11-4/h12-17H,5,8-11H2,1-4,6-7H3. The molecule has 0 saturated heterocycles. The summed E-state index contributed by atoms with van der Waals surface area (Å²) >= 11 is 0. The van der Waals surface area contributed by atoms with Crippen LogP contribution < -0.4 is 19.3 Å². The van der Waals surface area contributed by atoms with Crippen molar-refractivity contribution in [1.29, 1.82) is 0 Å². The molecular weight excluding hydrogens is 348 g/mol. The number of nitrogens with zero attached hydrogens (tertiary/aromatic N) is 2. The van der Waals surface area contributed by atoms with E-state index in [1.54, 1.807) is 14.2 Å². The zero-order valence-corrected chi connectivity index (χ0v) is 18.2. The van der Waals surface area contributed by atoms with Gasteiger partial charge in [-0.05, 0) is 57.5 Å². The third-order valence-corrected chi connectivity index (χ3v) is 5.28. The SMILES string of the molecule is C=C(c1ccc(N(CC)CC)cc1OC)c1ccc(N(CC)CC)cc1OC. The lowest BCUT2D eigenvalue weighted by Crippen LogP contribution is -2.22. The monoisotopic (exact) mass is 382 g/mol. The molecule has 4 heteroatoms. The lowest BCUT2D eigenvalue weighted by atomic mass is 9.97. The summed E-state index contributed by atoms with van der Waals surface area (Å²) in [6.07, 6.45) is 0. The van der Waals surface area contributed by atoms with E-state index in [0.717, 1.165) is 65.8 Å². The summed E-state index contributed by atoms with van der Waals surface area (Å²) in [5.74, 6) is 1.65. The van der Waals surface area contributed by atoms with Crippen molar-refractivity contribution in [2.45, 2.75) is 27.7 Å². The van der Waals surface area contributed by atoms with Gasteiger partial charge in [0, 0.05) is 60.8 Å². The minimum absolute atomic E-state index is 0.823. The predicted octanol–water partition coefficient (Wildman–Crippen LogP) is 5.46. The molecule has 152 valence electrons. The first-order chi connectivity index (χ1) is 13.5. The number of hydrogen-bond acceptors (Lipinski definition) is 4. The lowest BCUT2D eigenvalue weighted by molar-refractivity contribution is 0.411. The molecule has 0 unspecified atom stereocenters. The van der Waals surface area contributed by atoms with Crippen LogP contribution in [0.4, 0.5) is 11.4 Å². The molecule has 2 aromatic rings. The molecule has 0 amide bonds. The van der Waals surface area contributed by atoms with Gasteiger partial charge in [-0.1, -0.05) is 6.58 Å². The average Bonchev–Trinajstić information content (AvgIpc) is 2.74. The third kappa shape index (κ3) is 4.44. The van der Waals surface area contributed by atoms with E-state index < -0.39 is 0 Å². The Morgan fingerprint density at radius 3 is 1.36 bits per heavy atom. The van der Waals surface area contributed by atoms with E-state index in [1.165, 1.54) is 0 Å². The van der Waals surface area contributed by atoms with Crippen molar-refractivity contribution in [1.82, 2.24) is 0 Å². The van der Waals surface area contributed by atoms with E-state index in [0.29, 0.717) is 0 Å². The molecule has 0 fully saturated rings. The van der Waals surface area contributed by atoms with Crippen LogP contribution in [-0.2, 0) is 0 Å². The van der Waals surface area contributed by atoms with Gasteiger partial charge in [0.15, 0.2) is 0 Å². The number of rotatable bonds is 10. The highest BCUT2D eigenvalue weighted by Gasteiger charge is 2.16. The Balaban J connectivity index is 2.45. The summed E-state index contributed by atoms with van der Waals surface area (Å²) in [6, 6.07) is 12.6. The topological polar surface area (TPSA) is 24.9 Å². The van der Waals surface area contributed by atoms with Crippen molar-refractivity contribution in [3.63, 3.8) is 0 Å². The van der Waals surface area contributed by atoms with Crippen LogP contribution in [-0.4, -0.2) is 40.4 Å². The zero-order valence-electron chi connectivity index (χ0n) is 18.2. The van der Waals surface area contributed by atoms with Crippen LogP contribution in [0.5, 0.6) is 11.5 Å². The van der Waals surface area contributed by atoms with Gasteiger partial charge in [0.2, 0.25) is 0 Å². The molecule has 0 aliphatic heterocycles. The summed E-state index contributed by atoms with van der Waals surface area (Å²) in [6.45, 7) is 16.8. The van der Waals surface area contributed by atoms with Gasteiger partial charge in [-0.15, -0.1) is 0 Å². The molecule has 0 N–H and O–H groups in total. The molecule has 2 rings (SSSR count). The van der Waals surface area contributed by atoms with E-state index in [1.807, 2.05) is 0 Å². The zero-order chi connectivity index (χ0) is 20.7. The van der Waals surface area contributed by atoms with Gasteiger partial charge in [-0.3, -0.25) is 0 Å². The van der Waals surface area contributed by atoms with Crippen molar-refractivity contribution < 1.29 is 9.47 Å². The second-order valence-electron chi connectivity index (χ2n) is 6.59. The second kappa shape index (κ2) is 10.1. The van der Waals surface area contributed by atoms with Gasteiger partial charge in [-0.25, -0.2) is 0 Å². The molecule has 0 aliphatic carbocycles. The Labute approximate surface area is 170 Å². The summed E-state index contributed by atoms with van der Waals surface area (Å²) in [7, 11) is 3.41. The van der Waals surface area contributed by atoms with Gasteiger partial charge in [0.05, 0.1) is 14.2 Å². The Hall–Kier alpha value is -2.62. The molecule has 0 radical (unpaired) electrons. The van der Waals surface area contributed by atoms with Crippen molar-refractivity contribution in [2.24, 2.45) is 0 Å². The highest BCUT2D eigenvalue weighted by atomic mass is 16.5. The molecule has 4 nitrogen and oxygen atoms in total. The number of ether oxygens (including phenoxy) is 2. The van der Waals surface area contributed by atoms with Gasteiger partial charge < -0.3 is 19.3 Å². The average molecular weight is 383 g/mol. The van der Waals surface area contributed by atoms with Crippen LogP contribution >= 0.6 is 0 Å². The molecular formula is C24H34N2O2. The fourth-order valence-electron chi connectivity index (χ4n) is 3.57. The van der Waals surface area contributed by atoms with Gasteiger partial charge in [0.25, 0.3) is 0 Å². The highest BCUT2D eigenvalue weighted by Crippen LogP contribution is 2.38. The fraction of sp³-hybridized carbons (Fsp3) is 0.417. The predicted molar refractivity (Wildman–Crippen MR) is 121 cm³/mol. The van der Waals surface area contributed by atoms with Crippen molar-refractivity contribution in [3.05, 3.63) is 54.1 Å². The van der Waals surface area contributed by atoms with Crippen LogP contribution in [0.25, 0.3) is 5.57 Å². The highest BCUT2D eigenvalue weighted by molar-refractivity contribution is 5.85. The van der Waals surface area contributed by atoms with E-state index >= 15 is 0 Å². The Morgan fingerprint density at radius 2 is 1.07 bits per heavy atom.